The summed E-state index contributed by atoms with van der Waals surface area (Å²) in [4.78, 5) is 37.5. The first-order valence-electron chi connectivity index (χ1n) is 15.4. The molecule has 0 spiro atoms. The highest BCUT2D eigenvalue weighted by Crippen LogP contribution is 2.36. The molecule has 0 bridgehead atoms. The van der Waals surface area contributed by atoms with Crippen molar-refractivity contribution in [3.63, 3.8) is 0 Å². The molecule has 1 aliphatic heterocycles. The molecule has 1 unspecified atom stereocenters. The van der Waals surface area contributed by atoms with Gasteiger partial charge in [0.1, 0.15) is 5.82 Å². The number of aliphatic hydroxyl groups is 1. The number of imidazole rings is 1. The molecule has 1 atom stereocenters. The molecule has 1 amide bonds. The number of likely N-dealkylation sites (tertiary alicyclic amines) is 1. The van der Waals surface area contributed by atoms with E-state index in [9.17, 15) is 19.1 Å². The summed E-state index contributed by atoms with van der Waals surface area (Å²) in [5.74, 6) is -0.383. The molecule has 1 saturated heterocycles. The molecule has 3 aromatic heterocycles. The van der Waals surface area contributed by atoms with Gasteiger partial charge >= 0.3 is 5.69 Å². The Morgan fingerprint density at radius 1 is 1.18 bits per heavy atom. The Hall–Kier alpha value is -4.28. The van der Waals surface area contributed by atoms with Crippen LogP contribution in [0.15, 0.2) is 65.8 Å². The monoisotopic (exact) mass is 598 g/mol. The highest BCUT2D eigenvalue weighted by molar-refractivity contribution is 5.99. The van der Waals surface area contributed by atoms with E-state index in [0.29, 0.717) is 17.8 Å². The Morgan fingerprint density at radius 3 is 2.80 bits per heavy atom. The van der Waals surface area contributed by atoms with Crippen molar-refractivity contribution >= 4 is 27.8 Å². The van der Waals surface area contributed by atoms with Crippen molar-refractivity contribution in [2.45, 2.75) is 58.7 Å². The van der Waals surface area contributed by atoms with Gasteiger partial charge in [-0.15, -0.1) is 0 Å². The molecule has 5 aromatic rings. The summed E-state index contributed by atoms with van der Waals surface area (Å²) in [5, 5.41) is 10.4. The van der Waals surface area contributed by atoms with Crippen LogP contribution >= 0.6 is 0 Å². The number of amides is 1. The second-order valence-electron chi connectivity index (χ2n) is 11.9. The van der Waals surface area contributed by atoms with Crippen LogP contribution in [0.4, 0.5) is 4.39 Å². The molecule has 1 aliphatic rings. The lowest BCUT2D eigenvalue weighted by molar-refractivity contribution is 0.0716. The van der Waals surface area contributed by atoms with Crippen LogP contribution in [0.3, 0.4) is 0 Å². The smallest absolute Gasteiger partial charge is 0.326 e. The molecule has 0 aliphatic carbocycles. The first-order chi connectivity index (χ1) is 21.3. The van der Waals surface area contributed by atoms with Gasteiger partial charge in [-0.3, -0.25) is 19.2 Å². The lowest BCUT2D eigenvalue weighted by atomic mass is 9.90. The quantitative estimate of drug-likeness (QED) is 0.248. The van der Waals surface area contributed by atoms with Crippen LogP contribution in [0.25, 0.3) is 27.6 Å². The lowest BCUT2D eigenvalue weighted by Gasteiger charge is -2.32. The van der Waals surface area contributed by atoms with E-state index in [1.807, 2.05) is 49.7 Å². The zero-order chi connectivity index (χ0) is 31.0. The molecule has 10 heteroatoms. The van der Waals surface area contributed by atoms with Crippen molar-refractivity contribution < 1.29 is 14.3 Å². The maximum Gasteiger partial charge on any atom is 0.326 e. The molecular weight excluding hydrogens is 559 g/mol. The highest BCUT2D eigenvalue weighted by atomic mass is 19.1. The van der Waals surface area contributed by atoms with Gasteiger partial charge in [0.15, 0.2) is 0 Å². The van der Waals surface area contributed by atoms with Gasteiger partial charge in [-0.25, -0.2) is 9.18 Å². The largest absolute Gasteiger partial charge is 0.395 e. The number of carbonyl (C=O) groups excluding carboxylic acids is 1. The summed E-state index contributed by atoms with van der Waals surface area (Å²) >= 11 is 0. The molecule has 0 radical (unpaired) electrons. The average molecular weight is 599 g/mol. The van der Waals surface area contributed by atoms with Crippen LogP contribution in [0.5, 0.6) is 0 Å². The maximum absolute atomic E-state index is 14.5. The number of H-pyrrole nitrogens is 1. The van der Waals surface area contributed by atoms with Gasteiger partial charge in [0, 0.05) is 43.5 Å². The number of nitrogens with zero attached hydrogens (tertiary/aromatic N) is 5. The van der Waals surface area contributed by atoms with E-state index in [-0.39, 0.29) is 36.7 Å². The number of piperidine rings is 1. The molecule has 9 nitrogen and oxygen atoms in total. The minimum Gasteiger partial charge on any atom is -0.395 e. The number of nitrogens with one attached hydrogen (secondary N) is 1. The van der Waals surface area contributed by atoms with Gasteiger partial charge in [0.05, 0.1) is 47.1 Å². The standard InChI is InChI=1S/C34H39FN6O3/c1-4-39(22(2)3)33(43)27-17-25(35)8-10-30(27)41-21-28(26-11-12-36-18-32(26)41)24-6-5-13-38(20-24)19-23-7-9-31-29(16-23)37-34(44)40(31)14-15-42/h7-12,16-18,21-22,24,42H,4-6,13-15,19-20H2,1-3H3,(H,37,44). The van der Waals surface area contributed by atoms with Crippen molar-refractivity contribution in [1.29, 1.82) is 0 Å². The van der Waals surface area contributed by atoms with E-state index in [0.717, 1.165) is 60.0 Å². The topological polar surface area (TPSA) is 99.4 Å². The Kier molecular flexibility index (Phi) is 8.38. The fourth-order valence-electron chi connectivity index (χ4n) is 6.75. The van der Waals surface area contributed by atoms with Crippen molar-refractivity contribution in [2.24, 2.45) is 0 Å². The number of rotatable bonds is 9. The Balaban J connectivity index is 1.32. The second-order valence-corrected chi connectivity index (χ2v) is 11.9. The van der Waals surface area contributed by atoms with E-state index in [2.05, 4.69) is 27.1 Å². The van der Waals surface area contributed by atoms with E-state index in [1.165, 1.54) is 17.7 Å². The number of hydrogen-bond acceptors (Lipinski definition) is 5. The minimum atomic E-state index is -0.443. The molecular formula is C34H39FN6O3. The van der Waals surface area contributed by atoms with E-state index in [4.69, 9.17) is 0 Å². The third-order valence-electron chi connectivity index (χ3n) is 8.83. The Morgan fingerprint density at radius 2 is 2.02 bits per heavy atom. The number of halogens is 1. The van der Waals surface area contributed by atoms with E-state index < -0.39 is 5.82 Å². The lowest BCUT2D eigenvalue weighted by Crippen LogP contribution is -2.37. The summed E-state index contributed by atoms with van der Waals surface area (Å²) in [6, 6.07) is 12.5. The van der Waals surface area contributed by atoms with Crippen LogP contribution in [0, 0.1) is 5.82 Å². The van der Waals surface area contributed by atoms with Crippen molar-refractivity contribution in [3.05, 3.63) is 94.0 Å². The van der Waals surface area contributed by atoms with Crippen molar-refractivity contribution in [2.75, 3.05) is 26.2 Å². The third-order valence-corrected chi connectivity index (χ3v) is 8.83. The summed E-state index contributed by atoms with van der Waals surface area (Å²) in [5.41, 5.74) is 5.51. The molecule has 230 valence electrons. The fourth-order valence-corrected chi connectivity index (χ4v) is 6.75. The number of aromatic nitrogens is 4. The zero-order valence-corrected chi connectivity index (χ0v) is 25.5. The number of aromatic amines is 1. The molecule has 1 fully saturated rings. The minimum absolute atomic E-state index is 0.0168. The molecule has 2 N–H and O–H groups in total. The molecule has 4 heterocycles. The molecule has 44 heavy (non-hydrogen) atoms. The number of pyridine rings is 1. The highest BCUT2D eigenvalue weighted by Gasteiger charge is 2.27. The van der Waals surface area contributed by atoms with Crippen molar-refractivity contribution in [1.82, 2.24) is 28.9 Å². The summed E-state index contributed by atoms with van der Waals surface area (Å²) in [6.45, 7) is 9.13. The van der Waals surface area contributed by atoms with Gasteiger partial charge in [0.2, 0.25) is 0 Å². The van der Waals surface area contributed by atoms with E-state index in [1.54, 1.807) is 21.7 Å². The van der Waals surface area contributed by atoms with Gasteiger partial charge < -0.3 is 19.6 Å². The first kappa shape index (κ1) is 29.8. The van der Waals surface area contributed by atoms with Crippen LogP contribution in [0.2, 0.25) is 0 Å². The van der Waals surface area contributed by atoms with E-state index >= 15 is 0 Å². The SMILES string of the molecule is CCN(C(=O)c1cc(F)ccc1-n1cc(C2CCCN(Cc3ccc4c(c3)[nH]c(=O)n4CCO)C2)c2ccncc21)C(C)C. The summed E-state index contributed by atoms with van der Waals surface area (Å²) in [6.07, 6.45) is 7.78. The predicted octanol–water partition coefficient (Wildman–Crippen LogP) is 5.05. The van der Waals surface area contributed by atoms with Gasteiger partial charge in [-0.2, -0.15) is 0 Å². The second kappa shape index (κ2) is 12.4. The Bertz CT molecular complexity index is 1870. The molecule has 2 aromatic carbocycles. The number of benzene rings is 2. The Labute approximate surface area is 255 Å². The fraction of sp³-hybridized carbons (Fsp3) is 0.382. The number of carbonyl (C=O) groups is 1. The van der Waals surface area contributed by atoms with Crippen LogP contribution in [-0.4, -0.2) is 72.2 Å². The molecule has 0 saturated carbocycles. The predicted molar refractivity (Wildman–Crippen MR) is 170 cm³/mol. The zero-order valence-electron chi connectivity index (χ0n) is 25.5. The average Bonchev–Trinajstić information content (AvgIpc) is 3.54. The van der Waals surface area contributed by atoms with Gasteiger partial charge in [-0.05, 0) is 93.6 Å². The number of hydrogen-bond donors (Lipinski definition) is 2. The third kappa shape index (κ3) is 5.55. The normalized spacial score (nSPS) is 15.9. The van der Waals surface area contributed by atoms with Crippen LogP contribution < -0.4 is 5.69 Å². The van der Waals surface area contributed by atoms with Crippen molar-refractivity contribution in [3.8, 4) is 5.69 Å². The van der Waals surface area contributed by atoms with Gasteiger partial charge in [0.25, 0.3) is 5.91 Å². The molecule has 6 rings (SSSR count). The maximum atomic E-state index is 14.5. The number of fused-ring (bicyclic) bond motifs is 2. The number of aliphatic hydroxyl groups excluding tert-OH is 1. The summed E-state index contributed by atoms with van der Waals surface area (Å²) in [7, 11) is 0. The van der Waals surface area contributed by atoms with Crippen LogP contribution in [-0.2, 0) is 13.1 Å². The van der Waals surface area contributed by atoms with Crippen LogP contribution in [0.1, 0.15) is 61.0 Å². The van der Waals surface area contributed by atoms with Gasteiger partial charge in [-0.1, -0.05) is 6.07 Å². The summed E-state index contributed by atoms with van der Waals surface area (Å²) < 4.78 is 18.1. The first-order valence-corrected chi connectivity index (χ1v) is 15.4.